The number of aliphatic hydroxyl groups excluding tert-OH is 1. The summed E-state index contributed by atoms with van der Waals surface area (Å²) in [5, 5.41) is 12.7. The molecule has 1 saturated heterocycles. The van der Waals surface area contributed by atoms with E-state index in [4.69, 9.17) is 21.1 Å². The van der Waals surface area contributed by atoms with E-state index in [1.807, 2.05) is 24.3 Å². The van der Waals surface area contributed by atoms with Crippen LogP contribution in [0.1, 0.15) is 39.7 Å². The summed E-state index contributed by atoms with van der Waals surface area (Å²) in [5.74, 6) is -0.924. The molecule has 1 fully saturated rings. The Morgan fingerprint density at radius 3 is 2.47 bits per heavy atom. The Kier molecular flexibility index (Phi) is 10.5. The first-order chi connectivity index (χ1) is 18.0. The lowest BCUT2D eigenvalue weighted by Gasteiger charge is -2.40. The molecule has 0 aliphatic carbocycles. The van der Waals surface area contributed by atoms with Crippen LogP contribution in [0.25, 0.3) is 11.1 Å². The molecule has 2 aromatic carbocycles. The number of aliphatic hydroxyl groups is 1. The monoisotopic (exact) mass is 548 g/mol. The molecule has 2 atom stereocenters. The maximum absolute atomic E-state index is 14.3. The van der Waals surface area contributed by atoms with Crippen LogP contribution in [-0.2, 0) is 20.7 Å². The number of alkyl carbamates (subject to hydrolysis) is 1. The van der Waals surface area contributed by atoms with Gasteiger partial charge in [-0.05, 0) is 69.9 Å². The topological polar surface area (TPSA) is 88.1 Å². The number of esters is 1. The van der Waals surface area contributed by atoms with E-state index in [-0.39, 0.29) is 30.9 Å². The smallest absolute Gasteiger partial charge is 0.407 e. The van der Waals surface area contributed by atoms with Crippen molar-refractivity contribution in [3.63, 3.8) is 0 Å². The van der Waals surface area contributed by atoms with E-state index in [2.05, 4.69) is 10.2 Å². The molecule has 208 valence electrons. The minimum Gasteiger partial charge on any atom is -0.466 e. The van der Waals surface area contributed by atoms with Crippen LogP contribution in [0.15, 0.2) is 42.5 Å². The number of ether oxygens (including phenoxy) is 2. The van der Waals surface area contributed by atoms with Gasteiger partial charge in [-0.15, -0.1) is 0 Å². The Hall–Kier alpha value is -2.68. The van der Waals surface area contributed by atoms with Crippen molar-refractivity contribution in [1.29, 1.82) is 0 Å². The molecular formula is C29H38ClFN2O5. The Morgan fingerprint density at radius 2 is 1.87 bits per heavy atom. The third-order valence-electron chi connectivity index (χ3n) is 6.35. The van der Waals surface area contributed by atoms with Crippen LogP contribution in [0.5, 0.6) is 0 Å². The average Bonchev–Trinajstić information content (AvgIpc) is 2.81. The van der Waals surface area contributed by atoms with Crippen LogP contribution in [-0.4, -0.2) is 66.6 Å². The van der Waals surface area contributed by atoms with Gasteiger partial charge < -0.3 is 24.8 Å². The molecule has 38 heavy (non-hydrogen) atoms. The number of carbonyl (C=O) groups excluding carboxylic acids is 2. The number of amides is 1. The van der Waals surface area contributed by atoms with Crippen molar-refractivity contribution in [2.24, 2.45) is 11.8 Å². The molecule has 2 aromatic rings. The first kappa shape index (κ1) is 29.9. The maximum atomic E-state index is 14.3. The number of rotatable bonds is 11. The lowest BCUT2D eigenvalue weighted by molar-refractivity contribution is -0.150. The van der Waals surface area contributed by atoms with Gasteiger partial charge in [-0.1, -0.05) is 35.9 Å². The SMILES string of the molecule is CCOC(=O)[C@@H](C[C@@H](Cc1ccc(-c2cc(Cl)ccc2F)cc1)NC(=O)OC(C)(C)C)CN1CC(CO)C1. The second kappa shape index (κ2) is 13.4. The Morgan fingerprint density at radius 1 is 1.18 bits per heavy atom. The number of benzene rings is 2. The fourth-order valence-electron chi connectivity index (χ4n) is 4.59. The summed E-state index contributed by atoms with van der Waals surface area (Å²) in [7, 11) is 0. The van der Waals surface area contributed by atoms with Gasteiger partial charge >= 0.3 is 12.1 Å². The number of hydrogen-bond acceptors (Lipinski definition) is 6. The van der Waals surface area contributed by atoms with Crippen LogP contribution in [0.3, 0.4) is 0 Å². The molecule has 3 rings (SSSR count). The van der Waals surface area contributed by atoms with Gasteiger partial charge in [0.25, 0.3) is 0 Å². The van der Waals surface area contributed by atoms with E-state index in [9.17, 15) is 19.1 Å². The highest BCUT2D eigenvalue weighted by molar-refractivity contribution is 6.30. The van der Waals surface area contributed by atoms with Gasteiger partial charge in [-0.2, -0.15) is 0 Å². The molecule has 0 aromatic heterocycles. The highest BCUT2D eigenvalue weighted by Crippen LogP contribution is 2.27. The van der Waals surface area contributed by atoms with Crippen LogP contribution < -0.4 is 5.32 Å². The van der Waals surface area contributed by atoms with Gasteiger partial charge in [0.05, 0.1) is 12.5 Å². The molecule has 1 heterocycles. The van der Waals surface area contributed by atoms with E-state index in [1.165, 1.54) is 12.1 Å². The molecule has 0 unspecified atom stereocenters. The van der Waals surface area contributed by atoms with Gasteiger partial charge in [0.2, 0.25) is 0 Å². The van der Waals surface area contributed by atoms with Crippen LogP contribution >= 0.6 is 11.6 Å². The number of likely N-dealkylation sites (tertiary alicyclic amines) is 1. The third kappa shape index (κ3) is 8.96. The van der Waals surface area contributed by atoms with Crippen molar-refractivity contribution in [2.75, 3.05) is 32.8 Å². The normalized spacial score (nSPS) is 15.9. The van der Waals surface area contributed by atoms with Crippen LogP contribution in [0.2, 0.25) is 5.02 Å². The van der Waals surface area contributed by atoms with E-state index in [0.29, 0.717) is 35.5 Å². The molecule has 1 aliphatic rings. The zero-order valence-corrected chi connectivity index (χ0v) is 23.3. The maximum Gasteiger partial charge on any atom is 0.407 e. The van der Waals surface area contributed by atoms with E-state index in [0.717, 1.165) is 18.7 Å². The highest BCUT2D eigenvalue weighted by atomic mass is 35.5. The van der Waals surface area contributed by atoms with Crippen LogP contribution in [0, 0.1) is 17.7 Å². The van der Waals surface area contributed by atoms with Crippen molar-refractivity contribution in [3.05, 3.63) is 58.9 Å². The summed E-state index contributed by atoms with van der Waals surface area (Å²) in [6.45, 7) is 9.44. The number of halogens is 2. The number of nitrogens with one attached hydrogen (secondary N) is 1. The Labute approximate surface area is 229 Å². The lowest BCUT2D eigenvalue weighted by atomic mass is 9.91. The zero-order valence-electron chi connectivity index (χ0n) is 22.5. The zero-order chi connectivity index (χ0) is 27.9. The standard InChI is InChI=1S/C29H38ClFN2O5/c1-5-37-27(35)22(17-33-15-20(16-33)18-34)13-24(32-28(36)38-29(2,3)4)12-19-6-8-21(9-7-19)25-14-23(30)10-11-26(25)31/h6-11,14,20,22,24,34H,5,12-13,15-18H2,1-4H3,(H,32,36)/t22-,24+/m0/s1. The fraction of sp³-hybridized carbons (Fsp3) is 0.517. The quantitative estimate of drug-likeness (QED) is 0.381. The van der Waals surface area contributed by atoms with Crippen molar-refractivity contribution in [3.8, 4) is 11.1 Å². The summed E-state index contributed by atoms with van der Waals surface area (Å²) in [5.41, 5.74) is 1.33. The van der Waals surface area contributed by atoms with Gasteiger partial charge in [-0.25, -0.2) is 9.18 Å². The predicted molar refractivity (Wildman–Crippen MR) is 145 cm³/mol. The molecule has 1 amide bonds. The van der Waals surface area contributed by atoms with Crippen molar-refractivity contribution < 1.29 is 28.6 Å². The molecule has 0 saturated carbocycles. The lowest BCUT2D eigenvalue weighted by Crippen LogP contribution is -2.52. The summed E-state index contributed by atoms with van der Waals surface area (Å²) >= 11 is 6.05. The second-order valence-electron chi connectivity index (χ2n) is 10.8. The number of nitrogens with zero attached hydrogens (tertiary/aromatic N) is 1. The predicted octanol–water partition coefficient (Wildman–Crippen LogP) is 5.08. The second-order valence-corrected chi connectivity index (χ2v) is 11.3. The van der Waals surface area contributed by atoms with Crippen molar-refractivity contribution in [1.82, 2.24) is 10.2 Å². The van der Waals surface area contributed by atoms with Gasteiger partial charge in [0.1, 0.15) is 11.4 Å². The van der Waals surface area contributed by atoms with E-state index >= 15 is 0 Å². The highest BCUT2D eigenvalue weighted by Gasteiger charge is 2.33. The molecule has 9 heteroatoms. The summed E-state index contributed by atoms with van der Waals surface area (Å²) in [6, 6.07) is 11.4. The van der Waals surface area contributed by atoms with Crippen molar-refractivity contribution >= 4 is 23.7 Å². The summed E-state index contributed by atoms with van der Waals surface area (Å²) in [6.07, 6.45) is 0.225. The van der Waals surface area contributed by atoms with Crippen molar-refractivity contribution in [2.45, 2.75) is 52.2 Å². The van der Waals surface area contributed by atoms with Gasteiger partial charge in [0.15, 0.2) is 0 Å². The Balaban J connectivity index is 1.78. The van der Waals surface area contributed by atoms with Crippen LogP contribution in [0.4, 0.5) is 9.18 Å². The average molecular weight is 549 g/mol. The fourth-order valence-corrected chi connectivity index (χ4v) is 4.77. The number of carbonyl (C=O) groups is 2. The third-order valence-corrected chi connectivity index (χ3v) is 6.59. The summed E-state index contributed by atoms with van der Waals surface area (Å²) in [4.78, 5) is 27.6. The molecule has 0 spiro atoms. The molecule has 2 N–H and O–H groups in total. The molecule has 7 nitrogen and oxygen atoms in total. The minimum atomic E-state index is -0.672. The van der Waals surface area contributed by atoms with E-state index < -0.39 is 23.7 Å². The largest absolute Gasteiger partial charge is 0.466 e. The molecule has 1 aliphatic heterocycles. The number of hydrogen-bond donors (Lipinski definition) is 2. The minimum absolute atomic E-state index is 0.123. The first-order valence-electron chi connectivity index (χ1n) is 13.0. The van der Waals surface area contributed by atoms with E-state index in [1.54, 1.807) is 33.8 Å². The van der Waals surface area contributed by atoms with Gasteiger partial charge in [-0.3, -0.25) is 4.79 Å². The summed E-state index contributed by atoms with van der Waals surface area (Å²) < 4.78 is 25.2. The molecule has 0 bridgehead atoms. The Bertz CT molecular complexity index is 1080. The molecular weight excluding hydrogens is 511 g/mol. The first-order valence-corrected chi connectivity index (χ1v) is 13.4. The molecule has 0 radical (unpaired) electrons. The van der Waals surface area contributed by atoms with Gasteiger partial charge in [0, 0.05) is 48.8 Å².